The van der Waals surface area contributed by atoms with Gasteiger partial charge in [0, 0.05) is 12.4 Å². The summed E-state index contributed by atoms with van der Waals surface area (Å²) in [6.45, 7) is 0. The lowest BCUT2D eigenvalue weighted by Gasteiger charge is -2.09. The monoisotopic (exact) mass is 453 g/mol. The highest BCUT2D eigenvalue weighted by Gasteiger charge is 2.22. The molecule has 3 aromatic rings. The molecular formula is C20H11N3O10. The summed E-state index contributed by atoms with van der Waals surface area (Å²) in [5, 5.41) is 46.3. The van der Waals surface area contributed by atoms with Gasteiger partial charge in [-0.3, -0.25) is 9.97 Å². The number of aromatic carboxylic acids is 5. The Hall–Kier alpha value is -5.20. The van der Waals surface area contributed by atoms with Crippen LogP contribution in [0.5, 0.6) is 0 Å². The van der Waals surface area contributed by atoms with Crippen LogP contribution in [0.2, 0.25) is 0 Å². The molecule has 0 atom stereocenters. The molecule has 5 N–H and O–H groups in total. The third-order valence-corrected chi connectivity index (χ3v) is 4.33. The molecule has 0 saturated carbocycles. The second kappa shape index (κ2) is 8.50. The lowest BCUT2D eigenvalue weighted by molar-refractivity contribution is 0.0651. The van der Waals surface area contributed by atoms with E-state index in [0.717, 1.165) is 36.7 Å². The fourth-order valence-corrected chi connectivity index (χ4v) is 2.80. The number of pyridine rings is 3. The molecule has 0 aromatic carbocycles. The Balaban J connectivity index is 2.24. The lowest BCUT2D eigenvalue weighted by Crippen LogP contribution is -2.10. The Morgan fingerprint density at radius 3 is 1.15 bits per heavy atom. The van der Waals surface area contributed by atoms with Crippen LogP contribution in [0.1, 0.15) is 51.8 Å². The fraction of sp³-hybridized carbons (Fsp3) is 0. The summed E-state index contributed by atoms with van der Waals surface area (Å²) >= 11 is 0. The second-order valence-electron chi connectivity index (χ2n) is 6.38. The third-order valence-electron chi connectivity index (χ3n) is 4.33. The van der Waals surface area contributed by atoms with E-state index >= 15 is 0 Å². The Morgan fingerprint density at radius 1 is 0.485 bits per heavy atom. The molecule has 0 bridgehead atoms. The molecule has 166 valence electrons. The SMILES string of the molecule is O=C(O)c1cc(-c2cc(C(=O)O)c(C(=O)O)cn2)nc(-c2cc(C(=O)O)c(C(=O)O)cn2)c1. The largest absolute Gasteiger partial charge is 0.478 e. The lowest BCUT2D eigenvalue weighted by atomic mass is 10.0. The van der Waals surface area contributed by atoms with Crippen molar-refractivity contribution in [1.82, 2.24) is 15.0 Å². The highest BCUT2D eigenvalue weighted by Crippen LogP contribution is 2.26. The van der Waals surface area contributed by atoms with Gasteiger partial charge in [-0.25, -0.2) is 29.0 Å². The first-order valence-electron chi connectivity index (χ1n) is 8.69. The van der Waals surface area contributed by atoms with Crippen molar-refractivity contribution in [3.63, 3.8) is 0 Å². The highest BCUT2D eigenvalue weighted by atomic mass is 16.4. The smallest absolute Gasteiger partial charge is 0.338 e. The number of hydrogen-bond donors (Lipinski definition) is 5. The summed E-state index contributed by atoms with van der Waals surface area (Å²) < 4.78 is 0. The number of nitrogens with zero attached hydrogens (tertiary/aromatic N) is 3. The minimum Gasteiger partial charge on any atom is -0.478 e. The van der Waals surface area contributed by atoms with Crippen LogP contribution < -0.4 is 0 Å². The minimum absolute atomic E-state index is 0.176. The average Bonchev–Trinajstić information content (AvgIpc) is 2.77. The topological polar surface area (TPSA) is 225 Å². The first-order chi connectivity index (χ1) is 15.5. The van der Waals surface area contributed by atoms with Gasteiger partial charge >= 0.3 is 29.8 Å². The molecule has 13 heteroatoms. The number of aromatic nitrogens is 3. The van der Waals surface area contributed by atoms with Crippen LogP contribution in [-0.4, -0.2) is 70.3 Å². The maximum absolute atomic E-state index is 11.6. The van der Waals surface area contributed by atoms with Crippen LogP contribution in [0.3, 0.4) is 0 Å². The number of hydrogen-bond acceptors (Lipinski definition) is 8. The van der Waals surface area contributed by atoms with Crippen LogP contribution in [0.4, 0.5) is 0 Å². The van der Waals surface area contributed by atoms with Gasteiger partial charge in [0.05, 0.1) is 50.6 Å². The number of carboxylic acids is 5. The zero-order valence-corrected chi connectivity index (χ0v) is 16.1. The van der Waals surface area contributed by atoms with Gasteiger partial charge in [-0.05, 0) is 24.3 Å². The Bertz CT molecular complexity index is 1270. The molecule has 0 aliphatic heterocycles. The van der Waals surface area contributed by atoms with Crippen LogP contribution in [-0.2, 0) is 0 Å². The van der Waals surface area contributed by atoms with Crippen molar-refractivity contribution in [1.29, 1.82) is 0 Å². The maximum atomic E-state index is 11.6. The van der Waals surface area contributed by atoms with Crippen molar-refractivity contribution in [2.75, 3.05) is 0 Å². The Labute approximate surface area is 182 Å². The number of carbonyl (C=O) groups is 5. The van der Waals surface area contributed by atoms with Crippen molar-refractivity contribution in [3.8, 4) is 22.8 Å². The molecule has 0 aliphatic rings. The molecule has 0 aliphatic carbocycles. The molecule has 3 aromatic heterocycles. The Kier molecular flexibility index (Phi) is 5.79. The molecule has 3 rings (SSSR count). The van der Waals surface area contributed by atoms with E-state index in [1.54, 1.807) is 0 Å². The summed E-state index contributed by atoms with van der Waals surface area (Å²) in [5.41, 5.74) is -3.49. The van der Waals surface area contributed by atoms with E-state index in [-0.39, 0.29) is 28.3 Å². The highest BCUT2D eigenvalue weighted by molar-refractivity contribution is 6.03. The van der Waals surface area contributed by atoms with E-state index in [4.69, 9.17) is 10.2 Å². The van der Waals surface area contributed by atoms with Gasteiger partial charge in [-0.1, -0.05) is 0 Å². The van der Waals surface area contributed by atoms with Crippen molar-refractivity contribution in [3.05, 3.63) is 64.5 Å². The third kappa shape index (κ3) is 4.46. The van der Waals surface area contributed by atoms with Gasteiger partial charge < -0.3 is 25.5 Å². The van der Waals surface area contributed by atoms with E-state index in [1.807, 2.05) is 0 Å². The summed E-state index contributed by atoms with van der Waals surface area (Å²) in [6.07, 6.45) is 1.55. The summed E-state index contributed by atoms with van der Waals surface area (Å²) in [5.74, 6) is -7.63. The van der Waals surface area contributed by atoms with Crippen molar-refractivity contribution >= 4 is 29.8 Å². The molecule has 0 fully saturated rings. The average molecular weight is 453 g/mol. The predicted octanol–water partition coefficient (Wildman–Crippen LogP) is 1.70. The summed E-state index contributed by atoms with van der Waals surface area (Å²) in [4.78, 5) is 68.7. The minimum atomic E-state index is -1.57. The fourth-order valence-electron chi connectivity index (χ4n) is 2.80. The second-order valence-corrected chi connectivity index (χ2v) is 6.38. The van der Waals surface area contributed by atoms with Gasteiger partial charge in [0.15, 0.2) is 0 Å². The molecule has 3 heterocycles. The van der Waals surface area contributed by atoms with Gasteiger partial charge in [0.2, 0.25) is 0 Å². The predicted molar refractivity (Wildman–Crippen MR) is 105 cm³/mol. The van der Waals surface area contributed by atoms with Crippen LogP contribution >= 0.6 is 0 Å². The maximum Gasteiger partial charge on any atom is 0.338 e. The summed E-state index contributed by atoms with van der Waals surface area (Å²) in [6, 6.07) is 3.88. The molecule has 0 unspecified atom stereocenters. The Morgan fingerprint density at radius 2 is 0.848 bits per heavy atom. The molecular weight excluding hydrogens is 442 g/mol. The van der Waals surface area contributed by atoms with Crippen LogP contribution in [0.25, 0.3) is 22.8 Å². The van der Waals surface area contributed by atoms with E-state index < -0.39 is 52.1 Å². The molecule has 33 heavy (non-hydrogen) atoms. The molecule has 0 spiro atoms. The normalized spacial score (nSPS) is 10.4. The van der Waals surface area contributed by atoms with Gasteiger partial charge in [0.25, 0.3) is 0 Å². The van der Waals surface area contributed by atoms with E-state index in [9.17, 15) is 39.3 Å². The zero-order chi connectivity index (χ0) is 24.4. The standard InChI is InChI=1S/C20H11N3O10/c24-16(25)7-1-14(12-3-8(17(26)27)10(5-21-12)19(30)31)23-15(2-7)13-4-9(18(28)29)11(6-22-13)20(32)33/h1-6H,(H,24,25)(H,26,27)(H,28,29)(H,30,31)(H,32,33). The first-order valence-corrected chi connectivity index (χ1v) is 8.69. The van der Waals surface area contributed by atoms with Gasteiger partial charge in [0.1, 0.15) is 0 Å². The van der Waals surface area contributed by atoms with Crippen molar-refractivity contribution < 1.29 is 49.5 Å². The zero-order valence-electron chi connectivity index (χ0n) is 16.1. The molecule has 13 nitrogen and oxygen atoms in total. The molecule has 0 saturated heterocycles. The number of rotatable bonds is 7. The summed E-state index contributed by atoms with van der Waals surface area (Å²) in [7, 11) is 0. The van der Waals surface area contributed by atoms with E-state index in [1.165, 1.54) is 0 Å². The molecule has 0 amide bonds. The van der Waals surface area contributed by atoms with Crippen molar-refractivity contribution in [2.45, 2.75) is 0 Å². The molecule has 0 radical (unpaired) electrons. The van der Waals surface area contributed by atoms with Crippen molar-refractivity contribution in [2.24, 2.45) is 0 Å². The van der Waals surface area contributed by atoms with Crippen LogP contribution in [0, 0.1) is 0 Å². The van der Waals surface area contributed by atoms with Gasteiger partial charge in [-0.2, -0.15) is 0 Å². The quantitative estimate of drug-likeness (QED) is 0.344. The number of carboxylic acid groups (broad SMARTS) is 5. The van der Waals surface area contributed by atoms with Gasteiger partial charge in [-0.15, -0.1) is 0 Å². The van der Waals surface area contributed by atoms with E-state index in [2.05, 4.69) is 15.0 Å². The first kappa shape index (κ1) is 22.5. The van der Waals surface area contributed by atoms with Crippen LogP contribution in [0.15, 0.2) is 36.7 Å². The van der Waals surface area contributed by atoms with E-state index in [0.29, 0.717) is 0 Å².